The van der Waals surface area contributed by atoms with Crippen LogP contribution in [0.1, 0.15) is 22.8 Å². The molecule has 2 N–H and O–H groups in total. The molecule has 0 radical (unpaired) electrons. The number of benzene rings is 1. The molecule has 0 saturated carbocycles. The van der Waals surface area contributed by atoms with Crippen molar-refractivity contribution >= 4 is 17.5 Å². The van der Waals surface area contributed by atoms with Crippen LogP contribution in [0.15, 0.2) is 12.1 Å². The summed E-state index contributed by atoms with van der Waals surface area (Å²) in [6, 6.07) is 2.93. The molecule has 4 nitrogen and oxygen atoms in total. The van der Waals surface area contributed by atoms with Crippen LogP contribution in [0.2, 0.25) is 0 Å². The van der Waals surface area contributed by atoms with E-state index in [-0.39, 0.29) is 17.5 Å². The van der Waals surface area contributed by atoms with Gasteiger partial charge in [-0.1, -0.05) is 0 Å². The molecule has 0 spiro atoms. The lowest BCUT2D eigenvalue weighted by Gasteiger charge is -2.18. The zero-order valence-electron chi connectivity index (χ0n) is 8.76. The maximum atomic E-state index is 13.9. The van der Waals surface area contributed by atoms with Gasteiger partial charge in [0.25, 0.3) is 5.91 Å². The van der Waals surface area contributed by atoms with E-state index in [2.05, 4.69) is 10.6 Å². The maximum Gasteiger partial charge on any atom is 0.251 e. The molecule has 0 atom stereocenters. The van der Waals surface area contributed by atoms with Crippen molar-refractivity contribution in [1.82, 2.24) is 5.32 Å². The first-order chi connectivity index (χ1) is 7.59. The van der Waals surface area contributed by atoms with Gasteiger partial charge in [0.1, 0.15) is 0 Å². The van der Waals surface area contributed by atoms with Crippen LogP contribution in [0.5, 0.6) is 0 Å². The van der Waals surface area contributed by atoms with Crippen LogP contribution in [0.25, 0.3) is 0 Å². The molecule has 1 aromatic carbocycles. The first kappa shape index (κ1) is 10.6. The molecule has 16 heavy (non-hydrogen) atoms. The van der Waals surface area contributed by atoms with Crippen molar-refractivity contribution in [2.75, 3.05) is 11.9 Å². The average Bonchev–Trinajstić information content (AvgIpc) is 2.23. The number of anilines is 1. The number of halogens is 1. The average molecular weight is 222 g/mol. The van der Waals surface area contributed by atoms with E-state index in [4.69, 9.17) is 0 Å². The molecule has 0 fully saturated rings. The number of hydrogen-bond acceptors (Lipinski definition) is 2. The van der Waals surface area contributed by atoms with Crippen molar-refractivity contribution in [2.45, 2.75) is 13.3 Å². The molecule has 0 aromatic heterocycles. The van der Waals surface area contributed by atoms with E-state index in [9.17, 15) is 14.0 Å². The summed E-state index contributed by atoms with van der Waals surface area (Å²) >= 11 is 0. The lowest BCUT2D eigenvalue weighted by molar-refractivity contribution is -0.114. The highest BCUT2D eigenvalue weighted by molar-refractivity contribution is 5.98. The largest absolute Gasteiger partial charge is 0.352 e. The molecule has 1 aliphatic rings. The van der Waals surface area contributed by atoms with Gasteiger partial charge in [-0.05, 0) is 18.6 Å². The summed E-state index contributed by atoms with van der Waals surface area (Å²) in [6.45, 7) is 1.73. The van der Waals surface area contributed by atoms with Gasteiger partial charge in [-0.3, -0.25) is 9.59 Å². The van der Waals surface area contributed by atoms with Gasteiger partial charge in [-0.25, -0.2) is 4.39 Å². The maximum absolute atomic E-state index is 13.9. The van der Waals surface area contributed by atoms with Crippen LogP contribution in [0.4, 0.5) is 10.1 Å². The van der Waals surface area contributed by atoms with Gasteiger partial charge >= 0.3 is 0 Å². The van der Waals surface area contributed by atoms with Crippen molar-refractivity contribution in [3.8, 4) is 0 Å². The number of carbonyl (C=O) groups is 2. The molecule has 1 aliphatic heterocycles. The van der Waals surface area contributed by atoms with Gasteiger partial charge < -0.3 is 10.6 Å². The Morgan fingerprint density at radius 2 is 2.25 bits per heavy atom. The highest BCUT2D eigenvalue weighted by atomic mass is 19.1. The Morgan fingerprint density at radius 1 is 1.50 bits per heavy atom. The van der Waals surface area contributed by atoms with Crippen LogP contribution < -0.4 is 10.6 Å². The fraction of sp³-hybridized carbons (Fsp3) is 0.273. The number of amides is 2. The normalized spacial score (nSPS) is 14.0. The number of fused-ring (bicyclic) bond motifs is 1. The Hall–Kier alpha value is -1.91. The van der Waals surface area contributed by atoms with Crippen molar-refractivity contribution in [2.24, 2.45) is 0 Å². The Balaban J connectivity index is 2.46. The van der Waals surface area contributed by atoms with Crippen LogP contribution in [0, 0.1) is 5.82 Å². The van der Waals surface area contributed by atoms with Gasteiger partial charge in [0.15, 0.2) is 5.82 Å². The van der Waals surface area contributed by atoms with E-state index < -0.39 is 5.82 Å². The minimum Gasteiger partial charge on any atom is -0.352 e. The summed E-state index contributed by atoms with van der Waals surface area (Å²) in [5.74, 6) is -1.11. The highest BCUT2D eigenvalue weighted by Crippen LogP contribution is 2.24. The second-order valence-corrected chi connectivity index (χ2v) is 3.64. The monoisotopic (exact) mass is 222 g/mol. The Kier molecular flexibility index (Phi) is 2.60. The molecule has 0 bridgehead atoms. The molecule has 0 unspecified atom stereocenters. The van der Waals surface area contributed by atoms with Crippen molar-refractivity contribution in [1.29, 1.82) is 0 Å². The number of nitrogens with one attached hydrogen (secondary N) is 2. The SMILES string of the molecule is CC(=O)Nc1ccc2c(c1F)CCNC2=O. The number of hydrogen-bond donors (Lipinski definition) is 2. The summed E-state index contributed by atoms with van der Waals surface area (Å²) in [5.41, 5.74) is 0.841. The van der Waals surface area contributed by atoms with Crippen LogP contribution in [0.3, 0.4) is 0 Å². The lowest BCUT2D eigenvalue weighted by atomic mass is 9.99. The Morgan fingerprint density at radius 3 is 2.94 bits per heavy atom. The molecule has 1 heterocycles. The third-order valence-corrected chi connectivity index (χ3v) is 2.46. The van der Waals surface area contributed by atoms with E-state index in [1.807, 2.05) is 0 Å². The minimum atomic E-state index is -0.512. The zero-order chi connectivity index (χ0) is 11.7. The summed E-state index contributed by atoms with van der Waals surface area (Å²) in [4.78, 5) is 22.2. The summed E-state index contributed by atoms with van der Waals surface area (Å²) < 4.78 is 13.9. The van der Waals surface area contributed by atoms with E-state index in [0.717, 1.165) is 0 Å². The fourth-order valence-electron chi connectivity index (χ4n) is 1.76. The molecular weight excluding hydrogens is 211 g/mol. The van der Waals surface area contributed by atoms with Crippen molar-refractivity contribution in [3.63, 3.8) is 0 Å². The molecule has 84 valence electrons. The predicted molar refractivity (Wildman–Crippen MR) is 56.7 cm³/mol. The van der Waals surface area contributed by atoms with Gasteiger partial charge in [-0.2, -0.15) is 0 Å². The molecule has 5 heteroatoms. The van der Waals surface area contributed by atoms with E-state index in [1.165, 1.54) is 19.1 Å². The van der Waals surface area contributed by atoms with E-state index in [1.54, 1.807) is 0 Å². The van der Waals surface area contributed by atoms with Crippen LogP contribution >= 0.6 is 0 Å². The Labute approximate surface area is 91.8 Å². The summed E-state index contributed by atoms with van der Waals surface area (Å²) in [5, 5.41) is 5.03. The fourth-order valence-corrected chi connectivity index (χ4v) is 1.76. The summed E-state index contributed by atoms with van der Waals surface area (Å²) in [6.07, 6.45) is 0.445. The number of rotatable bonds is 1. The number of carbonyl (C=O) groups excluding carboxylic acids is 2. The third-order valence-electron chi connectivity index (χ3n) is 2.46. The topological polar surface area (TPSA) is 58.2 Å². The quantitative estimate of drug-likeness (QED) is 0.746. The summed E-state index contributed by atoms with van der Waals surface area (Å²) in [7, 11) is 0. The van der Waals surface area contributed by atoms with Gasteiger partial charge in [-0.15, -0.1) is 0 Å². The molecule has 2 rings (SSSR count). The predicted octanol–water partition coefficient (Wildman–Crippen LogP) is 1.07. The smallest absolute Gasteiger partial charge is 0.251 e. The molecule has 0 aliphatic carbocycles. The van der Waals surface area contributed by atoms with Crippen molar-refractivity contribution in [3.05, 3.63) is 29.1 Å². The molecule has 0 saturated heterocycles. The minimum absolute atomic E-state index is 0.126. The first-order valence-corrected chi connectivity index (χ1v) is 4.97. The second-order valence-electron chi connectivity index (χ2n) is 3.64. The van der Waals surface area contributed by atoms with E-state index in [0.29, 0.717) is 24.1 Å². The van der Waals surface area contributed by atoms with E-state index >= 15 is 0 Å². The first-order valence-electron chi connectivity index (χ1n) is 4.97. The van der Waals surface area contributed by atoms with Crippen molar-refractivity contribution < 1.29 is 14.0 Å². The highest BCUT2D eigenvalue weighted by Gasteiger charge is 2.21. The second kappa shape index (κ2) is 3.92. The van der Waals surface area contributed by atoms with Crippen LogP contribution in [-0.4, -0.2) is 18.4 Å². The molecular formula is C11H11FN2O2. The third kappa shape index (κ3) is 1.76. The van der Waals surface area contributed by atoms with Gasteiger partial charge in [0.2, 0.25) is 5.91 Å². The standard InChI is InChI=1S/C11H11FN2O2/c1-6(15)14-9-3-2-8-7(10(9)12)4-5-13-11(8)16/h2-3H,4-5H2,1H3,(H,13,16)(H,14,15). The Bertz CT molecular complexity index is 471. The molecule has 2 amide bonds. The zero-order valence-corrected chi connectivity index (χ0v) is 8.76. The van der Waals surface area contributed by atoms with Gasteiger partial charge in [0, 0.05) is 24.6 Å². The van der Waals surface area contributed by atoms with Gasteiger partial charge in [0.05, 0.1) is 5.69 Å². The lowest BCUT2D eigenvalue weighted by Crippen LogP contribution is -2.32. The molecule has 1 aromatic rings. The van der Waals surface area contributed by atoms with Crippen LogP contribution in [-0.2, 0) is 11.2 Å².